The van der Waals surface area contributed by atoms with Crippen molar-refractivity contribution < 1.29 is 28.9 Å². The van der Waals surface area contributed by atoms with Crippen LogP contribution in [-0.4, -0.2) is 36.7 Å². The maximum atomic E-state index is 13.9. The number of rotatable bonds is 7. The van der Waals surface area contributed by atoms with Crippen molar-refractivity contribution in [2.75, 3.05) is 13.7 Å². The topological polar surface area (TPSA) is 94.1 Å². The predicted molar refractivity (Wildman–Crippen MR) is 151 cm³/mol. The van der Waals surface area contributed by atoms with Crippen LogP contribution in [0.4, 0.5) is 0 Å². The second-order valence-electron chi connectivity index (χ2n) is 10.4. The van der Waals surface area contributed by atoms with Gasteiger partial charge in [0.15, 0.2) is 17.3 Å². The van der Waals surface area contributed by atoms with Gasteiger partial charge in [0.05, 0.1) is 23.8 Å². The number of halogens is 1. The zero-order valence-corrected chi connectivity index (χ0v) is 24.1. The van der Waals surface area contributed by atoms with Gasteiger partial charge in [0, 0.05) is 29.3 Å². The molecule has 2 aliphatic carbocycles. The molecule has 1 saturated carbocycles. The number of ether oxygens (including phenoxy) is 3. The number of dihydropyridines is 1. The minimum absolute atomic E-state index is 0.000589. The molecule has 1 heterocycles. The van der Waals surface area contributed by atoms with Crippen molar-refractivity contribution in [3.8, 4) is 17.2 Å². The molecule has 8 heteroatoms. The average Bonchev–Trinajstić information content (AvgIpc) is 3.43. The molecule has 0 amide bonds. The number of phenols is 1. The lowest BCUT2D eigenvalue weighted by atomic mass is 9.71. The normalized spacial score (nSPS) is 21.5. The Labute approximate surface area is 237 Å². The highest BCUT2D eigenvalue weighted by molar-refractivity contribution is 9.10. The molecule has 39 heavy (non-hydrogen) atoms. The number of ketones is 1. The molecule has 2 aromatic carbocycles. The maximum absolute atomic E-state index is 13.9. The highest BCUT2D eigenvalue weighted by Gasteiger charge is 2.42. The summed E-state index contributed by atoms with van der Waals surface area (Å²) in [5.74, 6) is -0.0247. The van der Waals surface area contributed by atoms with E-state index in [2.05, 4.69) is 21.2 Å². The molecular weight excluding hydrogens is 562 g/mol. The Hall–Kier alpha value is -3.26. The van der Waals surface area contributed by atoms with Crippen molar-refractivity contribution in [2.24, 2.45) is 0 Å². The van der Waals surface area contributed by atoms with Gasteiger partial charge < -0.3 is 24.6 Å². The van der Waals surface area contributed by atoms with E-state index in [1.54, 1.807) is 19.2 Å². The lowest BCUT2D eigenvalue weighted by molar-refractivity contribution is -0.144. The van der Waals surface area contributed by atoms with Crippen LogP contribution in [0.5, 0.6) is 17.2 Å². The summed E-state index contributed by atoms with van der Waals surface area (Å²) in [4.78, 5) is 27.6. The zero-order chi connectivity index (χ0) is 27.7. The quantitative estimate of drug-likeness (QED) is 0.357. The minimum Gasteiger partial charge on any atom is -0.503 e. The van der Waals surface area contributed by atoms with Gasteiger partial charge in [-0.05, 0) is 103 Å². The largest absolute Gasteiger partial charge is 0.503 e. The highest BCUT2D eigenvalue weighted by Crippen LogP contribution is 2.48. The maximum Gasteiger partial charge on any atom is 0.337 e. The van der Waals surface area contributed by atoms with E-state index in [4.69, 9.17) is 14.2 Å². The van der Waals surface area contributed by atoms with E-state index < -0.39 is 11.9 Å². The molecule has 2 N–H and O–H groups in total. The van der Waals surface area contributed by atoms with Crippen LogP contribution in [0.2, 0.25) is 0 Å². The highest BCUT2D eigenvalue weighted by atomic mass is 79.9. The molecule has 5 rings (SSSR count). The second-order valence-corrected chi connectivity index (χ2v) is 11.2. The van der Waals surface area contributed by atoms with E-state index in [9.17, 15) is 14.7 Å². The number of aromatic hydroxyl groups is 1. The average molecular weight is 597 g/mol. The van der Waals surface area contributed by atoms with Gasteiger partial charge in [0.2, 0.25) is 0 Å². The smallest absolute Gasteiger partial charge is 0.337 e. The molecular formula is C31H34BrNO6. The van der Waals surface area contributed by atoms with E-state index in [-0.39, 0.29) is 23.6 Å². The molecule has 0 bridgehead atoms. The van der Waals surface area contributed by atoms with Crippen molar-refractivity contribution in [1.82, 2.24) is 5.32 Å². The first-order chi connectivity index (χ1) is 18.8. The van der Waals surface area contributed by atoms with E-state index in [1.165, 1.54) is 0 Å². The van der Waals surface area contributed by atoms with Gasteiger partial charge in [0.25, 0.3) is 0 Å². The Bertz CT molecular complexity index is 1340. The lowest BCUT2D eigenvalue weighted by Gasteiger charge is -2.37. The van der Waals surface area contributed by atoms with E-state index in [0.717, 1.165) is 42.7 Å². The first-order valence-corrected chi connectivity index (χ1v) is 14.3. The third-order valence-electron chi connectivity index (χ3n) is 7.89. The standard InChI is InChI=1S/C31H34BrNO6/c1-4-38-26-16-20(13-23(32)30(26)35)28-27(31(36)39-22-7-5-6-8-22)17(2)33-24-14-19(15-25(34)29(24)28)18-9-11-21(37-3)12-10-18/h9-13,16,19,22,28,33,35H,4-8,14-15H2,1-3H3/t19-,28-/m0/s1. The molecule has 2 atom stereocenters. The molecule has 206 valence electrons. The number of benzene rings is 2. The van der Waals surface area contributed by atoms with Crippen LogP contribution >= 0.6 is 15.9 Å². The number of carbonyl (C=O) groups excluding carboxylic acids is 2. The van der Waals surface area contributed by atoms with Crippen LogP contribution in [-0.2, 0) is 14.3 Å². The predicted octanol–water partition coefficient (Wildman–Crippen LogP) is 6.41. The summed E-state index contributed by atoms with van der Waals surface area (Å²) in [6.07, 6.45) is 4.63. The van der Waals surface area contributed by atoms with Crippen LogP contribution in [0.1, 0.15) is 75.3 Å². The number of carbonyl (C=O) groups is 2. The van der Waals surface area contributed by atoms with Crippen LogP contribution in [0, 0.1) is 0 Å². The van der Waals surface area contributed by atoms with Crippen molar-refractivity contribution >= 4 is 27.7 Å². The number of hydrogen-bond acceptors (Lipinski definition) is 7. The molecule has 0 spiro atoms. The first kappa shape index (κ1) is 27.3. The fourth-order valence-corrected chi connectivity index (χ4v) is 6.46. The summed E-state index contributed by atoms with van der Waals surface area (Å²) in [5, 5.41) is 14.0. The van der Waals surface area contributed by atoms with Gasteiger partial charge in [-0.15, -0.1) is 0 Å². The summed E-state index contributed by atoms with van der Waals surface area (Å²) >= 11 is 3.44. The van der Waals surface area contributed by atoms with E-state index >= 15 is 0 Å². The van der Waals surface area contributed by atoms with Crippen molar-refractivity contribution in [1.29, 1.82) is 0 Å². The van der Waals surface area contributed by atoms with Gasteiger partial charge in [0.1, 0.15) is 11.9 Å². The summed E-state index contributed by atoms with van der Waals surface area (Å²) in [6.45, 7) is 4.06. The van der Waals surface area contributed by atoms with Crippen LogP contribution in [0.15, 0.2) is 63.4 Å². The third kappa shape index (κ3) is 5.44. The van der Waals surface area contributed by atoms with Gasteiger partial charge in [-0.3, -0.25) is 4.79 Å². The Morgan fingerprint density at radius 3 is 2.49 bits per heavy atom. The van der Waals surface area contributed by atoms with Crippen LogP contribution in [0.25, 0.3) is 0 Å². The number of esters is 1. The van der Waals surface area contributed by atoms with E-state index in [0.29, 0.717) is 52.1 Å². The number of Topliss-reactive ketones (excluding diaryl/α,β-unsaturated/α-hetero) is 1. The third-order valence-corrected chi connectivity index (χ3v) is 8.50. The number of hydrogen-bond donors (Lipinski definition) is 2. The molecule has 3 aliphatic rings. The molecule has 0 aromatic heterocycles. The second kappa shape index (κ2) is 11.5. The lowest BCUT2D eigenvalue weighted by Crippen LogP contribution is -2.36. The summed E-state index contributed by atoms with van der Waals surface area (Å²) in [5.41, 5.74) is 4.24. The van der Waals surface area contributed by atoms with Gasteiger partial charge in [-0.25, -0.2) is 4.79 Å². The van der Waals surface area contributed by atoms with Crippen molar-refractivity contribution in [3.63, 3.8) is 0 Å². The number of methoxy groups -OCH3 is 1. The number of phenolic OH excluding ortho intramolecular Hbond substituents is 1. The van der Waals surface area contributed by atoms with Gasteiger partial charge >= 0.3 is 5.97 Å². The minimum atomic E-state index is -0.643. The summed E-state index contributed by atoms with van der Waals surface area (Å²) in [6, 6.07) is 11.3. The number of nitrogens with one attached hydrogen (secondary N) is 1. The Morgan fingerprint density at radius 1 is 1.10 bits per heavy atom. The molecule has 1 fully saturated rings. The Kier molecular flexibility index (Phi) is 8.03. The fourth-order valence-electron chi connectivity index (χ4n) is 6.00. The van der Waals surface area contributed by atoms with Crippen molar-refractivity contribution in [3.05, 3.63) is 74.5 Å². The molecule has 7 nitrogen and oxygen atoms in total. The van der Waals surface area contributed by atoms with Crippen LogP contribution < -0.4 is 14.8 Å². The summed E-state index contributed by atoms with van der Waals surface area (Å²) in [7, 11) is 1.63. The monoisotopic (exact) mass is 595 g/mol. The number of allylic oxidation sites excluding steroid dienone is 3. The van der Waals surface area contributed by atoms with Crippen molar-refractivity contribution in [2.45, 2.75) is 70.3 Å². The Balaban J connectivity index is 1.58. The van der Waals surface area contributed by atoms with Gasteiger partial charge in [-0.1, -0.05) is 12.1 Å². The van der Waals surface area contributed by atoms with Gasteiger partial charge in [-0.2, -0.15) is 0 Å². The fraction of sp³-hybridized carbons (Fsp3) is 0.419. The Morgan fingerprint density at radius 2 is 1.82 bits per heavy atom. The first-order valence-electron chi connectivity index (χ1n) is 13.5. The molecule has 2 aromatic rings. The molecule has 0 unspecified atom stereocenters. The molecule has 1 aliphatic heterocycles. The summed E-state index contributed by atoms with van der Waals surface area (Å²) < 4.78 is 17.4. The zero-order valence-electron chi connectivity index (χ0n) is 22.5. The molecule has 0 radical (unpaired) electrons. The van der Waals surface area contributed by atoms with Crippen LogP contribution in [0.3, 0.4) is 0 Å². The van der Waals surface area contributed by atoms with E-state index in [1.807, 2.05) is 38.1 Å². The molecule has 0 saturated heterocycles. The SMILES string of the molecule is CCOc1cc([C@H]2C(C(=O)OC3CCCC3)=C(C)NC3=C2C(=O)C[C@@H](c2ccc(OC)cc2)C3)cc(Br)c1O.